The summed E-state index contributed by atoms with van der Waals surface area (Å²) in [6.07, 6.45) is 3.01. The molecule has 0 spiro atoms. The van der Waals surface area contributed by atoms with Gasteiger partial charge in [-0.2, -0.15) is 0 Å². The fraction of sp³-hybridized carbons (Fsp3) is 0.521. The second-order valence-electron chi connectivity index (χ2n) is 11.9. The predicted molar refractivity (Wildman–Crippen MR) is 237 cm³/mol. The zero-order valence-corrected chi connectivity index (χ0v) is 38.8. The quantitative estimate of drug-likeness (QED) is 0.181. The minimum atomic E-state index is 1.05. The van der Waals surface area contributed by atoms with Gasteiger partial charge in [0.1, 0.15) is 11.5 Å². The summed E-state index contributed by atoms with van der Waals surface area (Å²) in [5.74, 6) is 2.09. The maximum atomic E-state index is 5.34. The number of allylic oxidation sites excluding steroid dienone is 4. The van der Waals surface area contributed by atoms with Gasteiger partial charge in [-0.25, -0.2) is 0 Å². The van der Waals surface area contributed by atoms with Gasteiger partial charge < -0.3 is 4.42 Å². The fourth-order valence-electron chi connectivity index (χ4n) is 4.35. The smallest absolute Gasteiger partial charge is 0.104 e. The third-order valence-electron chi connectivity index (χ3n) is 8.92. The van der Waals surface area contributed by atoms with Gasteiger partial charge in [0.2, 0.25) is 0 Å². The molecule has 1 aromatic carbocycles. The number of thiophene rings is 1. The molecule has 0 N–H and O–H groups in total. The second kappa shape index (κ2) is 31.6. The van der Waals surface area contributed by atoms with E-state index in [9.17, 15) is 0 Å². The standard InChI is InChI=1S/C9H14.C8H12O.C8H12S.C8H10.C7H9N.4C2H6/c1-6-5-7(2)9(4)8(6)3;2*1-5-6(2)8(4)9-7(5)3;1-7-5-3-4-6-8(7)2;1-6-4-3-5-8-7(6)2;4*1-2/h5H2,1-4H3;2*1-4H3;3-6H,1-2H3;3-5H,1-2H3;4*1-2H3. The van der Waals surface area contributed by atoms with Crippen molar-refractivity contribution < 1.29 is 4.42 Å². The summed E-state index contributed by atoms with van der Waals surface area (Å²) in [6, 6.07) is 12.4. The second-order valence-corrected chi connectivity index (χ2v) is 13.3. The summed E-state index contributed by atoms with van der Waals surface area (Å²) in [7, 11) is 0. The lowest BCUT2D eigenvalue weighted by molar-refractivity contribution is 0.501. The molecule has 2 nitrogen and oxygen atoms in total. The lowest BCUT2D eigenvalue weighted by atomic mass is 10.1. The van der Waals surface area contributed by atoms with Gasteiger partial charge in [-0.3, -0.25) is 4.98 Å². The van der Waals surface area contributed by atoms with E-state index in [0.29, 0.717) is 0 Å². The molecule has 4 aromatic rings. The first-order chi connectivity index (χ1) is 24.0. The van der Waals surface area contributed by atoms with Crippen LogP contribution in [0.25, 0.3) is 0 Å². The Labute approximate surface area is 323 Å². The number of hydrogen-bond acceptors (Lipinski definition) is 3. The van der Waals surface area contributed by atoms with E-state index < -0.39 is 0 Å². The Bertz CT molecular complexity index is 1340. The summed E-state index contributed by atoms with van der Waals surface area (Å²) in [5.41, 5.74) is 16.7. The molecular formula is C48H81NOS. The zero-order chi connectivity index (χ0) is 41.0. The van der Waals surface area contributed by atoms with Gasteiger partial charge in [0.15, 0.2) is 0 Å². The molecule has 3 heteroatoms. The molecule has 0 saturated heterocycles. The van der Waals surface area contributed by atoms with Gasteiger partial charge in [-0.1, -0.05) is 96.9 Å². The number of benzene rings is 1. The summed E-state index contributed by atoms with van der Waals surface area (Å²) in [5, 5.41) is 0. The molecule has 3 aromatic heterocycles. The van der Waals surface area contributed by atoms with Gasteiger partial charge in [-0.05, 0) is 173 Å². The summed E-state index contributed by atoms with van der Waals surface area (Å²) in [4.78, 5) is 7.00. The molecule has 0 atom stereocenters. The van der Waals surface area contributed by atoms with Crippen molar-refractivity contribution in [1.29, 1.82) is 0 Å². The lowest BCUT2D eigenvalue weighted by Gasteiger charge is -1.94. The maximum Gasteiger partial charge on any atom is 0.104 e. The highest BCUT2D eigenvalue weighted by Crippen LogP contribution is 2.30. The number of hydrogen-bond donors (Lipinski definition) is 0. The maximum absolute atomic E-state index is 5.34. The molecular weight excluding hydrogens is 639 g/mol. The van der Waals surface area contributed by atoms with Gasteiger partial charge >= 0.3 is 0 Å². The lowest BCUT2D eigenvalue weighted by Crippen LogP contribution is -1.81. The molecule has 290 valence electrons. The Morgan fingerprint density at radius 2 is 0.784 bits per heavy atom. The molecule has 0 bridgehead atoms. The molecule has 1 aliphatic carbocycles. The molecule has 3 heterocycles. The van der Waals surface area contributed by atoms with Gasteiger partial charge in [0.25, 0.3) is 0 Å². The number of nitrogens with zero attached hydrogens (tertiary/aromatic N) is 1. The van der Waals surface area contributed by atoms with E-state index in [4.69, 9.17) is 4.42 Å². The van der Waals surface area contributed by atoms with Crippen molar-refractivity contribution in [2.24, 2.45) is 0 Å². The Balaban J connectivity index is -0.000000258. The van der Waals surface area contributed by atoms with Crippen molar-refractivity contribution in [1.82, 2.24) is 4.98 Å². The number of pyridine rings is 1. The Kier molecular flexibility index (Phi) is 33.8. The van der Waals surface area contributed by atoms with Gasteiger partial charge in [0.05, 0.1) is 0 Å². The number of aryl methyl sites for hydroxylation is 8. The summed E-state index contributed by atoms with van der Waals surface area (Å²) in [6.45, 7) is 50.1. The van der Waals surface area contributed by atoms with Crippen molar-refractivity contribution in [2.45, 2.75) is 173 Å². The fourth-order valence-corrected chi connectivity index (χ4v) is 5.42. The third-order valence-corrected chi connectivity index (χ3v) is 10.1. The largest absolute Gasteiger partial charge is 0.466 e. The van der Waals surface area contributed by atoms with Crippen molar-refractivity contribution in [3.63, 3.8) is 0 Å². The highest BCUT2D eigenvalue weighted by atomic mass is 32.1. The van der Waals surface area contributed by atoms with Crippen LogP contribution in [-0.2, 0) is 0 Å². The summed E-state index contributed by atoms with van der Waals surface area (Å²) < 4.78 is 5.34. The molecule has 5 rings (SSSR count). The molecule has 51 heavy (non-hydrogen) atoms. The predicted octanol–water partition coefficient (Wildman–Crippen LogP) is 16.7. The number of aromatic nitrogens is 1. The van der Waals surface area contributed by atoms with Crippen LogP contribution in [0, 0.1) is 83.1 Å². The molecule has 0 aliphatic heterocycles. The van der Waals surface area contributed by atoms with Crippen LogP contribution in [0.4, 0.5) is 0 Å². The molecule has 0 saturated carbocycles. The van der Waals surface area contributed by atoms with Crippen LogP contribution in [0.1, 0.15) is 155 Å². The minimum absolute atomic E-state index is 1.05. The zero-order valence-electron chi connectivity index (χ0n) is 38.0. The third kappa shape index (κ3) is 21.1. The van der Waals surface area contributed by atoms with Gasteiger partial charge in [0, 0.05) is 21.6 Å². The molecule has 0 fully saturated rings. The normalized spacial score (nSPS) is 10.5. The molecule has 0 radical (unpaired) electrons. The van der Waals surface area contributed by atoms with Crippen LogP contribution < -0.4 is 0 Å². The number of rotatable bonds is 0. The van der Waals surface area contributed by atoms with E-state index >= 15 is 0 Å². The van der Waals surface area contributed by atoms with Crippen molar-refractivity contribution in [2.75, 3.05) is 0 Å². The topological polar surface area (TPSA) is 26.0 Å². The van der Waals surface area contributed by atoms with Crippen LogP contribution in [0.2, 0.25) is 0 Å². The minimum Gasteiger partial charge on any atom is -0.466 e. The van der Waals surface area contributed by atoms with E-state index in [-0.39, 0.29) is 0 Å². The highest BCUT2D eigenvalue weighted by Gasteiger charge is 2.10. The van der Waals surface area contributed by atoms with Crippen LogP contribution in [0.3, 0.4) is 0 Å². The van der Waals surface area contributed by atoms with E-state index in [1.807, 2.05) is 99.8 Å². The first kappa shape index (κ1) is 54.6. The van der Waals surface area contributed by atoms with E-state index in [2.05, 4.69) is 125 Å². The van der Waals surface area contributed by atoms with E-state index in [1.165, 1.54) is 66.3 Å². The average Bonchev–Trinajstić information content (AvgIpc) is 3.61. The Morgan fingerprint density at radius 1 is 0.451 bits per heavy atom. The van der Waals surface area contributed by atoms with Gasteiger partial charge in [-0.15, -0.1) is 11.3 Å². The van der Waals surface area contributed by atoms with Crippen LogP contribution in [0.5, 0.6) is 0 Å². The summed E-state index contributed by atoms with van der Waals surface area (Å²) >= 11 is 1.90. The first-order valence-corrected chi connectivity index (χ1v) is 20.1. The van der Waals surface area contributed by atoms with Crippen LogP contribution >= 0.6 is 11.3 Å². The van der Waals surface area contributed by atoms with Crippen LogP contribution in [-0.4, -0.2) is 4.98 Å². The van der Waals surface area contributed by atoms with Crippen molar-refractivity contribution in [3.05, 3.63) is 131 Å². The Hall–Kier alpha value is -3.17. The Morgan fingerprint density at radius 3 is 0.941 bits per heavy atom. The molecule has 0 amide bonds. The monoisotopic (exact) mass is 720 g/mol. The van der Waals surface area contributed by atoms with E-state index in [1.54, 1.807) is 11.1 Å². The van der Waals surface area contributed by atoms with Crippen molar-refractivity contribution in [3.8, 4) is 0 Å². The molecule has 1 aliphatic rings. The van der Waals surface area contributed by atoms with Crippen molar-refractivity contribution >= 4 is 11.3 Å². The first-order valence-electron chi connectivity index (χ1n) is 19.3. The van der Waals surface area contributed by atoms with E-state index in [0.717, 1.165) is 17.2 Å². The highest BCUT2D eigenvalue weighted by molar-refractivity contribution is 7.12. The number of furan rings is 1. The average molecular weight is 720 g/mol. The van der Waals surface area contributed by atoms with Crippen LogP contribution in [0.15, 0.2) is 69.3 Å². The molecule has 0 unspecified atom stereocenters. The SMILES string of the molecule is CC.CC.CC.CC.CC1=C(C)C(C)=C(C)C1.Cc1ccccc1C.Cc1cccnc1C.Cc1oc(C)c(C)c1C.Cc1sc(C)c(C)c1C.